The molecular formula is C23H23N3O3. The van der Waals surface area contributed by atoms with E-state index < -0.39 is 5.91 Å². The fourth-order valence-corrected chi connectivity index (χ4v) is 2.73. The molecule has 3 rings (SSSR count). The van der Waals surface area contributed by atoms with Crippen LogP contribution in [0.1, 0.15) is 34.8 Å². The Kier molecular flexibility index (Phi) is 6.24. The average Bonchev–Trinajstić information content (AvgIpc) is 2.74. The van der Waals surface area contributed by atoms with E-state index in [1.54, 1.807) is 37.4 Å². The first kappa shape index (κ1) is 20.1. The van der Waals surface area contributed by atoms with Gasteiger partial charge in [-0.15, -0.1) is 0 Å². The normalized spacial score (nSPS) is 10.5. The zero-order chi connectivity index (χ0) is 20.8. The van der Waals surface area contributed by atoms with Crippen molar-refractivity contribution in [2.24, 2.45) is 0 Å². The van der Waals surface area contributed by atoms with E-state index in [9.17, 15) is 9.59 Å². The number of amides is 2. The van der Waals surface area contributed by atoms with Crippen molar-refractivity contribution in [2.75, 3.05) is 17.3 Å². The zero-order valence-electron chi connectivity index (χ0n) is 16.6. The molecule has 0 aliphatic heterocycles. The lowest BCUT2D eigenvalue weighted by Crippen LogP contribution is -2.27. The van der Waals surface area contributed by atoms with Gasteiger partial charge in [-0.05, 0) is 50.2 Å². The van der Waals surface area contributed by atoms with Gasteiger partial charge >= 0.3 is 0 Å². The topological polar surface area (TPSA) is 71.5 Å². The summed E-state index contributed by atoms with van der Waals surface area (Å²) in [5.41, 5.74) is 1.63. The zero-order valence-corrected chi connectivity index (χ0v) is 16.6. The summed E-state index contributed by atoms with van der Waals surface area (Å²) in [6.45, 7) is 3.83. The van der Waals surface area contributed by atoms with Crippen LogP contribution in [0.5, 0.6) is 5.75 Å². The second-order valence-electron chi connectivity index (χ2n) is 6.72. The SMILES string of the molecule is CC(C)Oc1ccccc1NC(=O)c1cccc(C(=O)N(C)c2ccccc2)n1. The number of rotatable bonds is 6. The molecule has 0 unspecified atom stereocenters. The van der Waals surface area contributed by atoms with Crippen molar-refractivity contribution in [2.45, 2.75) is 20.0 Å². The number of anilines is 2. The van der Waals surface area contributed by atoms with Crippen LogP contribution in [0, 0.1) is 0 Å². The van der Waals surface area contributed by atoms with Crippen molar-refractivity contribution in [3.8, 4) is 5.75 Å². The van der Waals surface area contributed by atoms with Gasteiger partial charge in [-0.1, -0.05) is 36.4 Å². The molecular weight excluding hydrogens is 366 g/mol. The Balaban J connectivity index is 1.79. The van der Waals surface area contributed by atoms with E-state index in [-0.39, 0.29) is 23.4 Å². The molecule has 0 bridgehead atoms. The highest BCUT2D eigenvalue weighted by atomic mass is 16.5. The van der Waals surface area contributed by atoms with Crippen molar-refractivity contribution in [1.82, 2.24) is 4.98 Å². The summed E-state index contributed by atoms with van der Waals surface area (Å²) >= 11 is 0. The maximum Gasteiger partial charge on any atom is 0.276 e. The average molecular weight is 389 g/mol. The van der Waals surface area contributed by atoms with Crippen LogP contribution in [0.2, 0.25) is 0 Å². The van der Waals surface area contributed by atoms with Crippen LogP contribution in [0.3, 0.4) is 0 Å². The van der Waals surface area contributed by atoms with Crippen LogP contribution < -0.4 is 15.0 Å². The maximum absolute atomic E-state index is 12.8. The summed E-state index contributed by atoms with van der Waals surface area (Å²) in [7, 11) is 1.67. The highest BCUT2D eigenvalue weighted by molar-refractivity contribution is 6.07. The molecule has 6 heteroatoms. The fraction of sp³-hybridized carbons (Fsp3) is 0.174. The first-order valence-corrected chi connectivity index (χ1v) is 9.33. The number of carbonyl (C=O) groups is 2. The lowest BCUT2D eigenvalue weighted by atomic mass is 10.2. The van der Waals surface area contributed by atoms with Crippen molar-refractivity contribution < 1.29 is 14.3 Å². The van der Waals surface area contributed by atoms with Crippen molar-refractivity contribution in [1.29, 1.82) is 0 Å². The Labute approximate surface area is 170 Å². The molecule has 1 N–H and O–H groups in total. The summed E-state index contributed by atoms with van der Waals surface area (Å²) in [5.74, 6) is -0.136. The summed E-state index contributed by atoms with van der Waals surface area (Å²) in [6, 6.07) is 21.3. The van der Waals surface area contributed by atoms with E-state index >= 15 is 0 Å². The Hall–Kier alpha value is -3.67. The van der Waals surface area contributed by atoms with Gasteiger partial charge in [-0.25, -0.2) is 4.98 Å². The maximum atomic E-state index is 12.8. The Morgan fingerprint density at radius 1 is 0.897 bits per heavy atom. The minimum atomic E-state index is -0.415. The quantitative estimate of drug-likeness (QED) is 0.678. The number of ether oxygens (including phenoxy) is 1. The molecule has 6 nitrogen and oxygen atoms in total. The van der Waals surface area contributed by atoms with Crippen molar-refractivity contribution in [3.63, 3.8) is 0 Å². The highest BCUT2D eigenvalue weighted by Gasteiger charge is 2.18. The summed E-state index contributed by atoms with van der Waals surface area (Å²) in [6.07, 6.45) is -0.0272. The minimum absolute atomic E-state index is 0.0272. The van der Waals surface area contributed by atoms with Crippen LogP contribution in [-0.4, -0.2) is 29.9 Å². The molecule has 0 atom stereocenters. The van der Waals surface area contributed by atoms with Gasteiger partial charge in [0.15, 0.2) is 0 Å². The molecule has 148 valence electrons. The smallest absolute Gasteiger partial charge is 0.276 e. The van der Waals surface area contributed by atoms with Crippen LogP contribution in [0.4, 0.5) is 11.4 Å². The number of carbonyl (C=O) groups excluding carboxylic acids is 2. The van der Waals surface area contributed by atoms with E-state index in [0.29, 0.717) is 11.4 Å². The Morgan fingerprint density at radius 2 is 1.55 bits per heavy atom. The van der Waals surface area contributed by atoms with E-state index in [2.05, 4.69) is 10.3 Å². The first-order chi connectivity index (χ1) is 14.0. The van der Waals surface area contributed by atoms with Crippen LogP contribution >= 0.6 is 0 Å². The number of nitrogens with zero attached hydrogens (tertiary/aromatic N) is 2. The third-order valence-corrected chi connectivity index (χ3v) is 4.15. The molecule has 3 aromatic rings. The van der Waals surface area contributed by atoms with Crippen LogP contribution in [-0.2, 0) is 0 Å². The molecule has 0 radical (unpaired) electrons. The van der Waals surface area contributed by atoms with E-state index in [1.165, 1.54) is 4.90 Å². The van der Waals surface area contributed by atoms with Crippen molar-refractivity contribution in [3.05, 3.63) is 84.2 Å². The van der Waals surface area contributed by atoms with Gasteiger partial charge in [0.25, 0.3) is 11.8 Å². The first-order valence-electron chi connectivity index (χ1n) is 9.33. The number of hydrogen-bond donors (Lipinski definition) is 1. The van der Waals surface area contributed by atoms with Gasteiger partial charge in [0.2, 0.25) is 0 Å². The second kappa shape index (κ2) is 9.01. The molecule has 1 aromatic heterocycles. The fourth-order valence-electron chi connectivity index (χ4n) is 2.73. The van der Waals surface area contributed by atoms with Gasteiger partial charge in [0, 0.05) is 12.7 Å². The molecule has 0 aliphatic rings. The lowest BCUT2D eigenvalue weighted by molar-refractivity contribution is 0.0987. The second-order valence-corrected chi connectivity index (χ2v) is 6.72. The Morgan fingerprint density at radius 3 is 2.28 bits per heavy atom. The largest absolute Gasteiger partial charge is 0.489 e. The monoisotopic (exact) mass is 389 g/mol. The molecule has 0 saturated carbocycles. The standard InChI is InChI=1S/C23H23N3O3/c1-16(2)29-21-15-8-7-12-18(21)25-22(27)19-13-9-14-20(24-19)23(28)26(3)17-10-5-4-6-11-17/h4-16H,1-3H3,(H,25,27). The third kappa shape index (κ3) is 4.99. The molecule has 2 aromatic carbocycles. The minimum Gasteiger partial charge on any atom is -0.489 e. The summed E-state index contributed by atoms with van der Waals surface area (Å²) in [5, 5.41) is 2.81. The highest BCUT2D eigenvalue weighted by Crippen LogP contribution is 2.25. The van der Waals surface area contributed by atoms with Crippen molar-refractivity contribution >= 4 is 23.2 Å². The molecule has 0 saturated heterocycles. The molecule has 0 aliphatic carbocycles. The lowest BCUT2D eigenvalue weighted by Gasteiger charge is -2.17. The van der Waals surface area contributed by atoms with Gasteiger partial charge in [0.05, 0.1) is 11.8 Å². The summed E-state index contributed by atoms with van der Waals surface area (Å²) < 4.78 is 5.73. The predicted molar refractivity (Wildman–Crippen MR) is 114 cm³/mol. The molecule has 29 heavy (non-hydrogen) atoms. The van der Waals surface area contributed by atoms with Gasteiger partial charge < -0.3 is 15.0 Å². The van der Waals surface area contributed by atoms with Crippen LogP contribution in [0.25, 0.3) is 0 Å². The van der Waals surface area contributed by atoms with E-state index in [0.717, 1.165) is 5.69 Å². The molecule has 0 spiro atoms. The number of para-hydroxylation sites is 3. The summed E-state index contributed by atoms with van der Waals surface area (Å²) in [4.78, 5) is 31.2. The van der Waals surface area contributed by atoms with Gasteiger partial charge in [-0.3, -0.25) is 9.59 Å². The van der Waals surface area contributed by atoms with Crippen LogP contribution in [0.15, 0.2) is 72.8 Å². The van der Waals surface area contributed by atoms with E-state index in [1.807, 2.05) is 56.3 Å². The Bertz CT molecular complexity index is 1000. The third-order valence-electron chi connectivity index (χ3n) is 4.15. The number of nitrogens with one attached hydrogen (secondary N) is 1. The molecule has 2 amide bonds. The van der Waals surface area contributed by atoms with E-state index in [4.69, 9.17) is 4.74 Å². The molecule has 1 heterocycles. The van der Waals surface area contributed by atoms with Gasteiger partial charge in [0.1, 0.15) is 17.1 Å². The predicted octanol–water partition coefficient (Wildman–Crippen LogP) is 4.40. The number of pyridine rings is 1. The van der Waals surface area contributed by atoms with Gasteiger partial charge in [-0.2, -0.15) is 0 Å². The number of aromatic nitrogens is 1. The number of hydrogen-bond acceptors (Lipinski definition) is 4. The number of benzene rings is 2. The molecule has 0 fully saturated rings.